The van der Waals surface area contributed by atoms with Gasteiger partial charge in [0.2, 0.25) is 17.7 Å². The van der Waals surface area contributed by atoms with Crippen LogP contribution in [0.15, 0.2) is 4.99 Å². The van der Waals surface area contributed by atoms with Crippen molar-refractivity contribution in [3.05, 3.63) is 0 Å². The van der Waals surface area contributed by atoms with Gasteiger partial charge in [0.15, 0.2) is 5.96 Å². The van der Waals surface area contributed by atoms with Crippen molar-refractivity contribution in [2.45, 2.75) is 76.5 Å². The van der Waals surface area contributed by atoms with Crippen molar-refractivity contribution < 1.29 is 24.3 Å². The molecule has 0 aliphatic carbocycles. The van der Waals surface area contributed by atoms with E-state index in [4.69, 9.17) is 17.2 Å². The minimum absolute atomic E-state index is 0.0873. The van der Waals surface area contributed by atoms with Crippen LogP contribution in [0.3, 0.4) is 0 Å². The van der Waals surface area contributed by atoms with Crippen LogP contribution in [0.1, 0.15) is 52.4 Å². The number of nitrogens with two attached hydrogens (primary N) is 3. The number of aliphatic imine (C=N–C) groups is 1. The van der Waals surface area contributed by atoms with Crippen molar-refractivity contribution in [3.63, 3.8) is 0 Å². The van der Waals surface area contributed by atoms with Gasteiger partial charge in [0, 0.05) is 13.1 Å². The van der Waals surface area contributed by atoms with Gasteiger partial charge < -0.3 is 37.8 Å². The summed E-state index contributed by atoms with van der Waals surface area (Å²) in [5.74, 6) is -2.17. The Morgan fingerprint density at radius 3 is 2.46 bits per heavy atom. The minimum atomic E-state index is -1.15. The summed E-state index contributed by atoms with van der Waals surface area (Å²) in [4.78, 5) is 56.0. The first kappa shape index (κ1) is 30.5. The number of rotatable bonds is 15. The fourth-order valence-corrected chi connectivity index (χ4v) is 4.35. The van der Waals surface area contributed by atoms with Crippen LogP contribution in [0.4, 0.5) is 0 Å². The molecule has 12 nitrogen and oxygen atoms in total. The van der Waals surface area contributed by atoms with Crippen LogP contribution in [0.2, 0.25) is 0 Å². The van der Waals surface area contributed by atoms with E-state index < -0.39 is 42.0 Å². The van der Waals surface area contributed by atoms with Crippen molar-refractivity contribution in [1.29, 1.82) is 0 Å². The highest BCUT2D eigenvalue weighted by atomic mass is 32.2. The molecule has 35 heavy (non-hydrogen) atoms. The summed E-state index contributed by atoms with van der Waals surface area (Å²) in [6, 6.07) is -3.53. The number of nitrogens with zero attached hydrogens (tertiary/aromatic N) is 2. The van der Waals surface area contributed by atoms with Gasteiger partial charge in [-0.15, -0.1) is 0 Å². The second-order valence-electron chi connectivity index (χ2n) is 8.80. The Balaban J connectivity index is 2.96. The van der Waals surface area contributed by atoms with Crippen molar-refractivity contribution >= 4 is 41.4 Å². The number of carboxylic acid groups (broad SMARTS) is 1. The number of carbonyl (C=O) groups excluding carboxylic acids is 3. The van der Waals surface area contributed by atoms with E-state index in [1.807, 2.05) is 13.2 Å². The second kappa shape index (κ2) is 15.5. The lowest BCUT2D eigenvalue weighted by Crippen LogP contribution is -2.57. The van der Waals surface area contributed by atoms with Crippen LogP contribution < -0.4 is 27.8 Å². The van der Waals surface area contributed by atoms with E-state index in [0.29, 0.717) is 38.6 Å². The summed E-state index contributed by atoms with van der Waals surface area (Å²) in [6.45, 7) is 4.22. The fourth-order valence-electron chi connectivity index (χ4n) is 3.86. The van der Waals surface area contributed by atoms with Gasteiger partial charge in [-0.05, 0) is 50.0 Å². The number of carboxylic acids is 1. The molecule has 0 saturated carbocycles. The Kier molecular flexibility index (Phi) is 13.5. The Labute approximate surface area is 211 Å². The molecule has 1 aliphatic heterocycles. The van der Waals surface area contributed by atoms with Gasteiger partial charge in [-0.2, -0.15) is 11.8 Å². The summed E-state index contributed by atoms with van der Waals surface area (Å²) in [6.07, 6.45) is 4.66. The van der Waals surface area contributed by atoms with Crippen LogP contribution in [-0.2, 0) is 19.2 Å². The second-order valence-corrected chi connectivity index (χ2v) is 9.78. The SMILES string of the molecule is CCC(C)C(NC(=O)C(CCCN=C(N)N)NC(=O)C1CCCN1C(=O)C(N)CCSC)C(=O)O. The number of nitrogens with one attached hydrogen (secondary N) is 2. The smallest absolute Gasteiger partial charge is 0.326 e. The molecule has 5 atom stereocenters. The van der Waals surface area contributed by atoms with Gasteiger partial charge in [0.1, 0.15) is 18.1 Å². The van der Waals surface area contributed by atoms with E-state index in [2.05, 4.69) is 15.6 Å². The Hall–Kier alpha value is -2.54. The minimum Gasteiger partial charge on any atom is -0.480 e. The molecule has 0 radical (unpaired) electrons. The van der Waals surface area contributed by atoms with Crippen molar-refractivity contribution in [3.8, 4) is 0 Å². The molecule has 1 saturated heterocycles. The number of hydrogen-bond acceptors (Lipinski definition) is 7. The van der Waals surface area contributed by atoms with Crippen LogP contribution in [0.25, 0.3) is 0 Å². The molecule has 9 N–H and O–H groups in total. The molecule has 1 fully saturated rings. The fraction of sp³-hybridized carbons (Fsp3) is 0.773. The first-order valence-electron chi connectivity index (χ1n) is 12.0. The summed E-state index contributed by atoms with van der Waals surface area (Å²) in [5.41, 5.74) is 16.7. The number of aliphatic carboxylic acids is 1. The first-order valence-corrected chi connectivity index (χ1v) is 13.4. The number of carbonyl (C=O) groups is 4. The van der Waals surface area contributed by atoms with Crippen molar-refractivity contribution in [2.75, 3.05) is 25.1 Å². The van der Waals surface area contributed by atoms with E-state index in [-0.39, 0.29) is 30.8 Å². The van der Waals surface area contributed by atoms with E-state index in [1.54, 1.807) is 18.7 Å². The zero-order valence-electron chi connectivity index (χ0n) is 20.9. The van der Waals surface area contributed by atoms with Gasteiger partial charge >= 0.3 is 5.97 Å². The Morgan fingerprint density at radius 1 is 1.20 bits per heavy atom. The van der Waals surface area contributed by atoms with E-state index in [1.165, 1.54) is 4.90 Å². The highest BCUT2D eigenvalue weighted by molar-refractivity contribution is 7.98. The molecule has 5 unspecified atom stereocenters. The molecule has 1 aliphatic rings. The maximum Gasteiger partial charge on any atom is 0.326 e. The molecule has 0 spiro atoms. The van der Waals surface area contributed by atoms with E-state index in [9.17, 15) is 24.3 Å². The molecule has 0 aromatic heterocycles. The third-order valence-corrected chi connectivity index (χ3v) is 6.79. The number of thioether (sulfide) groups is 1. The maximum atomic E-state index is 13.1. The monoisotopic (exact) mass is 515 g/mol. The highest BCUT2D eigenvalue weighted by Crippen LogP contribution is 2.20. The summed E-state index contributed by atoms with van der Waals surface area (Å²) < 4.78 is 0. The standard InChI is InChI=1S/C22H41N7O5S/c1-4-13(2)17(21(33)34)28-18(30)15(7-5-10-26-22(24)25)27-19(31)16-8-6-11-29(16)20(32)14(23)9-12-35-3/h13-17H,4-12,23H2,1-3H3,(H,27,31)(H,28,30)(H,33,34)(H4,24,25,26). The van der Waals surface area contributed by atoms with Gasteiger partial charge in [0.25, 0.3) is 0 Å². The van der Waals surface area contributed by atoms with E-state index >= 15 is 0 Å². The Bertz CT molecular complexity index is 762. The average molecular weight is 516 g/mol. The maximum absolute atomic E-state index is 13.1. The normalized spacial score (nSPS) is 18.7. The van der Waals surface area contributed by atoms with Crippen LogP contribution in [0.5, 0.6) is 0 Å². The number of hydrogen-bond donors (Lipinski definition) is 6. The van der Waals surface area contributed by atoms with Crippen molar-refractivity contribution in [2.24, 2.45) is 28.1 Å². The molecule has 13 heteroatoms. The molecule has 3 amide bonds. The largest absolute Gasteiger partial charge is 0.480 e. The first-order chi connectivity index (χ1) is 16.5. The average Bonchev–Trinajstić information content (AvgIpc) is 3.31. The molecule has 200 valence electrons. The lowest BCUT2D eigenvalue weighted by molar-refractivity contribution is -0.144. The quantitative estimate of drug-likeness (QED) is 0.0916. The number of likely N-dealkylation sites (tertiary alicyclic amines) is 1. The molecule has 0 bridgehead atoms. The molecular weight excluding hydrogens is 474 g/mol. The predicted octanol–water partition coefficient (Wildman–Crippen LogP) is -0.788. The van der Waals surface area contributed by atoms with Gasteiger partial charge in [0.05, 0.1) is 6.04 Å². The number of amides is 3. The van der Waals surface area contributed by atoms with Gasteiger partial charge in [-0.1, -0.05) is 20.3 Å². The van der Waals surface area contributed by atoms with Gasteiger partial charge in [-0.25, -0.2) is 4.79 Å². The van der Waals surface area contributed by atoms with Gasteiger partial charge in [-0.3, -0.25) is 19.4 Å². The molecule has 0 aromatic carbocycles. The predicted molar refractivity (Wildman–Crippen MR) is 137 cm³/mol. The lowest BCUT2D eigenvalue weighted by Gasteiger charge is -2.29. The zero-order chi connectivity index (χ0) is 26.5. The molecule has 1 rings (SSSR count). The summed E-state index contributed by atoms with van der Waals surface area (Å²) >= 11 is 1.59. The van der Waals surface area contributed by atoms with Crippen LogP contribution >= 0.6 is 11.8 Å². The third-order valence-electron chi connectivity index (χ3n) is 6.14. The van der Waals surface area contributed by atoms with Crippen molar-refractivity contribution in [1.82, 2.24) is 15.5 Å². The molecule has 1 heterocycles. The molecule has 0 aromatic rings. The number of guanidine groups is 1. The summed E-state index contributed by atoms with van der Waals surface area (Å²) in [5, 5.41) is 14.8. The topological polar surface area (TPSA) is 206 Å². The zero-order valence-corrected chi connectivity index (χ0v) is 21.7. The lowest BCUT2D eigenvalue weighted by atomic mass is 9.98. The van der Waals surface area contributed by atoms with Crippen LogP contribution in [0, 0.1) is 5.92 Å². The summed E-state index contributed by atoms with van der Waals surface area (Å²) in [7, 11) is 0. The third kappa shape index (κ3) is 9.92. The Morgan fingerprint density at radius 2 is 1.89 bits per heavy atom. The van der Waals surface area contributed by atoms with E-state index in [0.717, 1.165) is 5.75 Å². The molecular formula is C22H41N7O5S. The van der Waals surface area contributed by atoms with Crippen LogP contribution in [-0.4, -0.2) is 88.9 Å². The highest BCUT2D eigenvalue weighted by Gasteiger charge is 2.38.